The van der Waals surface area contributed by atoms with Crippen molar-refractivity contribution in [1.82, 2.24) is 10.2 Å². The molecule has 0 aliphatic carbocycles. The number of amides is 2. The zero-order valence-corrected chi connectivity index (χ0v) is 9.56. The number of nitrogens with zero attached hydrogens (tertiary/aromatic N) is 2. The summed E-state index contributed by atoms with van der Waals surface area (Å²) in [7, 11) is 1.56. The molecule has 0 bridgehead atoms. The lowest BCUT2D eigenvalue weighted by Gasteiger charge is -2.20. The Balaban J connectivity index is 4.00. The van der Waals surface area contributed by atoms with E-state index in [9.17, 15) is 9.59 Å². The first-order chi connectivity index (χ1) is 7.51. The van der Waals surface area contributed by atoms with Gasteiger partial charge in [0.05, 0.1) is 6.07 Å². The van der Waals surface area contributed by atoms with E-state index < -0.39 is 6.09 Å². The van der Waals surface area contributed by atoms with Crippen LogP contribution in [0.4, 0.5) is 4.79 Å². The molecule has 2 amide bonds. The summed E-state index contributed by atoms with van der Waals surface area (Å²) < 4.78 is 0. The minimum atomic E-state index is -1.10. The van der Waals surface area contributed by atoms with E-state index in [1.165, 1.54) is 0 Å². The third kappa shape index (κ3) is 5.86. The molecule has 0 aliphatic rings. The molecule has 0 heterocycles. The second-order valence-electron chi connectivity index (χ2n) is 3.64. The molecule has 0 rings (SSSR count). The summed E-state index contributed by atoms with van der Waals surface area (Å²) in [6.45, 7) is 2.00. The first kappa shape index (κ1) is 14.2. The maximum atomic E-state index is 11.0. The third-order valence-electron chi connectivity index (χ3n) is 2.21. The number of carbonyl (C=O) groups excluding carboxylic acids is 1. The summed E-state index contributed by atoms with van der Waals surface area (Å²) in [6.07, 6.45) is -0.125. The van der Waals surface area contributed by atoms with Crippen molar-refractivity contribution in [2.45, 2.75) is 19.8 Å². The van der Waals surface area contributed by atoms with Crippen molar-refractivity contribution in [2.24, 2.45) is 5.92 Å². The van der Waals surface area contributed by atoms with Gasteiger partial charge in [-0.3, -0.25) is 9.69 Å². The highest BCUT2D eigenvalue weighted by molar-refractivity contribution is 5.75. The molecule has 0 saturated heterocycles. The van der Waals surface area contributed by atoms with Gasteiger partial charge in [0.1, 0.15) is 6.54 Å². The Labute approximate surface area is 94.8 Å². The van der Waals surface area contributed by atoms with E-state index >= 15 is 0 Å². The molecular formula is C10H17N3O3. The average Bonchev–Trinajstić information content (AvgIpc) is 2.25. The van der Waals surface area contributed by atoms with Gasteiger partial charge in [-0.15, -0.1) is 0 Å². The van der Waals surface area contributed by atoms with Crippen LogP contribution in [-0.4, -0.2) is 42.1 Å². The summed E-state index contributed by atoms with van der Waals surface area (Å²) in [5.74, 6) is -0.00393. The summed E-state index contributed by atoms with van der Waals surface area (Å²) in [5.41, 5.74) is 0. The van der Waals surface area contributed by atoms with Crippen LogP contribution in [0.5, 0.6) is 0 Å². The van der Waals surface area contributed by atoms with Gasteiger partial charge in [-0.1, -0.05) is 6.92 Å². The molecule has 0 fully saturated rings. The van der Waals surface area contributed by atoms with Crippen LogP contribution >= 0.6 is 0 Å². The van der Waals surface area contributed by atoms with Gasteiger partial charge in [0, 0.05) is 20.0 Å². The van der Waals surface area contributed by atoms with Crippen LogP contribution < -0.4 is 5.32 Å². The molecule has 0 saturated carbocycles. The summed E-state index contributed by atoms with van der Waals surface area (Å²) in [6, 6.07) is 1.80. The van der Waals surface area contributed by atoms with Crippen LogP contribution in [0, 0.1) is 17.2 Å². The zero-order chi connectivity index (χ0) is 12.6. The number of carboxylic acid groups (broad SMARTS) is 1. The number of nitrogens with one attached hydrogen (secondary N) is 1. The van der Waals surface area contributed by atoms with Crippen molar-refractivity contribution >= 4 is 12.0 Å². The van der Waals surface area contributed by atoms with Gasteiger partial charge < -0.3 is 10.4 Å². The number of hydrogen-bond donors (Lipinski definition) is 2. The van der Waals surface area contributed by atoms with Crippen LogP contribution in [0.15, 0.2) is 0 Å². The predicted molar refractivity (Wildman–Crippen MR) is 57.7 cm³/mol. The Kier molecular flexibility index (Phi) is 6.68. The number of carbonyl (C=O) groups is 2. The maximum absolute atomic E-state index is 11.0. The Morgan fingerprint density at radius 1 is 1.56 bits per heavy atom. The van der Waals surface area contributed by atoms with Gasteiger partial charge >= 0.3 is 6.09 Å². The van der Waals surface area contributed by atoms with Crippen molar-refractivity contribution in [1.29, 1.82) is 5.26 Å². The van der Waals surface area contributed by atoms with Gasteiger partial charge in [-0.25, -0.2) is 4.79 Å². The van der Waals surface area contributed by atoms with Crippen LogP contribution in [0.1, 0.15) is 19.8 Å². The fourth-order valence-electron chi connectivity index (χ4n) is 1.27. The molecule has 1 unspecified atom stereocenters. The van der Waals surface area contributed by atoms with E-state index in [-0.39, 0.29) is 24.9 Å². The highest BCUT2D eigenvalue weighted by Gasteiger charge is 2.15. The predicted octanol–water partition coefficient (Wildman–Crippen LogP) is 0.652. The molecule has 16 heavy (non-hydrogen) atoms. The molecule has 0 spiro atoms. The molecule has 0 radical (unpaired) electrons. The van der Waals surface area contributed by atoms with Crippen molar-refractivity contribution in [3.63, 3.8) is 0 Å². The van der Waals surface area contributed by atoms with Gasteiger partial charge in [-0.05, 0) is 12.3 Å². The molecule has 90 valence electrons. The molecule has 6 heteroatoms. The van der Waals surface area contributed by atoms with E-state index in [0.29, 0.717) is 12.8 Å². The Morgan fingerprint density at radius 2 is 2.19 bits per heavy atom. The molecule has 0 aromatic heterocycles. The second-order valence-corrected chi connectivity index (χ2v) is 3.64. The molecular weight excluding hydrogens is 210 g/mol. The Morgan fingerprint density at radius 3 is 2.62 bits per heavy atom. The van der Waals surface area contributed by atoms with Crippen molar-refractivity contribution in [3.8, 4) is 6.07 Å². The van der Waals surface area contributed by atoms with Crippen molar-refractivity contribution in [2.75, 3.05) is 20.1 Å². The third-order valence-corrected chi connectivity index (χ3v) is 2.21. The van der Waals surface area contributed by atoms with Gasteiger partial charge in [0.2, 0.25) is 5.91 Å². The van der Waals surface area contributed by atoms with Gasteiger partial charge in [0.15, 0.2) is 0 Å². The fraction of sp³-hybridized carbons (Fsp3) is 0.700. The lowest BCUT2D eigenvalue weighted by molar-refractivity contribution is -0.120. The quantitative estimate of drug-likeness (QED) is 0.651. The van der Waals surface area contributed by atoms with Crippen LogP contribution in [0.25, 0.3) is 0 Å². The lowest BCUT2D eigenvalue weighted by atomic mass is 10.0. The highest BCUT2D eigenvalue weighted by Crippen LogP contribution is 2.08. The topological polar surface area (TPSA) is 93.4 Å². The Hall–Kier alpha value is -1.77. The minimum absolute atomic E-state index is 0.0572. The normalized spacial score (nSPS) is 11.3. The monoisotopic (exact) mass is 227 g/mol. The van der Waals surface area contributed by atoms with Crippen LogP contribution in [0.3, 0.4) is 0 Å². The van der Waals surface area contributed by atoms with E-state index in [1.54, 1.807) is 13.1 Å². The first-order valence-electron chi connectivity index (χ1n) is 5.06. The van der Waals surface area contributed by atoms with E-state index in [1.807, 2.05) is 6.92 Å². The van der Waals surface area contributed by atoms with Crippen molar-refractivity contribution in [3.05, 3.63) is 0 Å². The summed E-state index contributed by atoms with van der Waals surface area (Å²) in [5, 5.41) is 19.7. The fourth-order valence-corrected chi connectivity index (χ4v) is 1.27. The molecule has 2 N–H and O–H groups in total. The largest absolute Gasteiger partial charge is 0.465 e. The van der Waals surface area contributed by atoms with E-state index in [2.05, 4.69) is 5.32 Å². The molecule has 1 atom stereocenters. The molecule has 0 aromatic carbocycles. The molecule has 6 nitrogen and oxygen atoms in total. The highest BCUT2D eigenvalue weighted by atomic mass is 16.4. The smallest absolute Gasteiger partial charge is 0.408 e. The van der Waals surface area contributed by atoms with Crippen molar-refractivity contribution < 1.29 is 14.7 Å². The SMILES string of the molecule is CNC(=O)CCC(C)CN(CC#N)C(=O)O. The standard InChI is InChI=1S/C10H17N3O3/c1-8(3-4-9(14)12-2)7-13(6-5-11)10(15)16/h8H,3-4,6-7H2,1-2H3,(H,12,14)(H,15,16). The first-order valence-corrected chi connectivity index (χ1v) is 5.06. The lowest BCUT2D eigenvalue weighted by Crippen LogP contribution is -2.34. The van der Waals surface area contributed by atoms with Crippen LogP contribution in [0.2, 0.25) is 0 Å². The zero-order valence-electron chi connectivity index (χ0n) is 9.56. The molecule has 0 aliphatic heterocycles. The van der Waals surface area contributed by atoms with E-state index in [4.69, 9.17) is 10.4 Å². The number of nitriles is 1. The minimum Gasteiger partial charge on any atom is -0.465 e. The number of hydrogen-bond acceptors (Lipinski definition) is 3. The number of rotatable bonds is 6. The second kappa shape index (κ2) is 7.51. The average molecular weight is 227 g/mol. The molecule has 0 aromatic rings. The summed E-state index contributed by atoms with van der Waals surface area (Å²) in [4.78, 5) is 22.7. The maximum Gasteiger partial charge on any atom is 0.408 e. The Bertz CT molecular complexity index is 286. The van der Waals surface area contributed by atoms with Crippen LogP contribution in [-0.2, 0) is 4.79 Å². The van der Waals surface area contributed by atoms with Gasteiger partial charge in [-0.2, -0.15) is 5.26 Å². The van der Waals surface area contributed by atoms with Gasteiger partial charge in [0.25, 0.3) is 0 Å². The van der Waals surface area contributed by atoms with E-state index in [0.717, 1.165) is 4.90 Å². The summed E-state index contributed by atoms with van der Waals surface area (Å²) >= 11 is 0.